The van der Waals surface area contributed by atoms with Crippen LogP contribution in [-0.2, 0) is 13.6 Å². The van der Waals surface area contributed by atoms with Crippen LogP contribution in [0.5, 0.6) is 0 Å². The third kappa shape index (κ3) is 2.40. The van der Waals surface area contributed by atoms with Crippen molar-refractivity contribution in [3.63, 3.8) is 0 Å². The first-order valence-corrected chi connectivity index (χ1v) is 7.29. The van der Waals surface area contributed by atoms with E-state index in [1.807, 2.05) is 43.3 Å². The van der Waals surface area contributed by atoms with Crippen molar-refractivity contribution in [3.05, 3.63) is 58.9 Å². The van der Waals surface area contributed by atoms with E-state index in [0.29, 0.717) is 17.1 Å². The summed E-state index contributed by atoms with van der Waals surface area (Å²) in [5.74, 6) is 0.924. The van der Waals surface area contributed by atoms with Gasteiger partial charge in [0.2, 0.25) is 0 Å². The lowest BCUT2D eigenvalue weighted by Crippen LogP contribution is -2.20. The van der Waals surface area contributed by atoms with Gasteiger partial charge in [0.25, 0.3) is 0 Å². The molecule has 0 atom stereocenters. The van der Waals surface area contributed by atoms with Crippen LogP contribution in [0.2, 0.25) is 5.02 Å². The number of hydrogen-bond acceptors (Lipinski definition) is 3. The molecule has 0 radical (unpaired) electrons. The molecule has 0 amide bonds. The van der Waals surface area contributed by atoms with E-state index in [9.17, 15) is 5.26 Å². The molecule has 0 N–H and O–H groups in total. The molecule has 22 heavy (non-hydrogen) atoms. The van der Waals surface area contributed by atoms with Crippen molar-refractivity contribution in [2.24, 2.45) is 7.05 Å². The van der Waals surface area contributed by atoms with E-state index < -0.39 is 0 Å². The first-order valence-electron chi connectivity index (χ1n) is 6.92. The summed E-state index contributed by atoms with van der Waals surface area (Å²) in [7, 11) is 3.91. The van der Waals surface area contributed by atoms with Crippen molar-refractivity contribution in [1.82, 2.24) is 9.55 Å². The molecule has 3 rings (SSSR count). The Kier molecular flexibility index (Phi) is 3.74. The number of aromatic nitrogens is 2. The van der Waals surface area contributed by atoms with Crippen LogP contribution >= 0.6 is 11.6 Å². The van der Waals surface area contributed by atoms with E-state index >= 15 is 0 Å². The van der Waals surface area contributed by atoms with E-state index in [1.54, 1.807) is 18.2 Å². The van der Waals surface area contributed by atoms with Gasteiger partial charge in [0.05, 0.1) is 33.9 Å². The summed E-state index contributed by atoms with van der Waals surface area (Å²) in [6.07, 6.45) is 0. The summed E-state index contributed by atoms with van der Waals surface area (Å²) >= 11 is 6.27. The normalized spacial score (nSPS) is 10.6. The fourth-order valence-corrected chi connectivity index (χ4v) is 2.94. The number of nitriles is 1. The van der Waals surface area contributed by atoms with E-state index in [2.05, 4.69) is 15.6 Å². The van der Waals surface area contributed by atoms with Crippen LogP contribution in [-0.4, -0.2) is 16.6 Å². The minimum atomic E-state index is 0.564. The molecule has 5 heteroatoms. The Morgan fingerprint density at radius 2 is 2.00 bits per heavy atom. The molecule has 0 aliphatic rings. The molecule has 0 bridgehead atoms. The number of imidazole rings is 1. The van der Waals surface area contributed by atoms with Gasteiger partial charge in [-0.05, 0) is 24.3 Å². The maximum absolute atomic E-state index is 9.27. The highest BCUT2D eigenvalue weighted by Gasteiger charge is 2.15. The quantitative estimate of drug-likeness (QED) is 0.740. The maximum Gasteiger partial charge on any atom is 0.129 e. The standard InChI is InChI=1S/C17H15ClN4/c1-21(17-12(10-19)6-5-7-13(17)18)11-16-20-14-8-3-4-9-15(14)22(16)2/h3-9H,11H2,1-2H3. The summed E-state index contributed by atoms with van der Waals surface area (Å²) < 4.78 is 2.06. The highest BCUT2D eigenvalue weighted by Crippen LogP contribution is 2.29. The summed E-state index contributed by atoms with van der Waals surface area (Å²) in [5, 5.41) is 9.84. The third-order valence-electron chi connectivity index (χ3n) is 3.75. The number of anilines is 1. The molecule has 1 heterocycles. The number of aryl methyl sites for hydroxylation is 1. The molecule has 0 saturated heterocycles. The molecule has 4 nitrogen and oxygen atoms in total. The van der Waals surface area contributed by atoms with Gasteiger partial charge in [0.15, 0.2) is 0 Å². The van der Waals surface area contributed by atoms with Crippen LogP contribution < -0.4 is 4.90 Å². The molecule has 2 aromatic carbocycles. The second-order valence-corrected chi connectivity index (χ2v) is 5.59. The van der Waals surface area contributed by atoms with Crippen molar-refractivity contribution in [2.45, 2.75) is 6.54 Å². The molecular formula is C17H15ClN4. The SMILES string of the molecule is CN(Cc1nc2ccccc2n1C)c1c(Cl)cccc1C#N. The Labute approximate surface area is 134 Å². The van der Waals surface area contributed by atoms with Crippen LogP contribution in [0.1, 0.15) is 11.4 Å². The van der Waals surface area contributed by atoms with Crippen LogP contribution in [0.15, 0.2) is 42.5 Å². The second-order valence-electron chi connectivity index (χ2n) is 5.18. The molecular weight excluding hydrogens is 296 g/mol. The smallest absolute Gasteiger partial charge is 0.129 e. The number of nitrogens with zero attached hydrogens (tertiary/aromatic N) is 4. The number of fused-ring (bicyclic) bond motifs is 1. The molecule has 0 unspecified atom stereocenters. The maximum atomic E-state index is 9.27. The van der Waals surface area contributed by atoms with E-state index in [1.165, 1.54) is 0 Å². The fourth-order valence-electron chi connectivity index (χ4n) is 2.62. The fraction of sp³-hybridized carbons (Fsp3) is 0.176. The van der Waals surface area contributed by atoms with E-state index in [0.717, 1.165) is 22.5 Å². The predicted molar refractivity (Wildman–Crippen MR) is 89.0 cm³/mol. The van der Waals surface area contributed by atoms with E-state index in [4.69, 9.17) is 11.6 Å². The molecule has 1 aromatic heterocycles. The summed E-state index contributed by atoms with van der Waals surface area (Å²) in [5.41, 5.74) is 3.35. The molecule has 0 spiro atoms. The van der Waals surface area contributed by atoms with Gasteiger partial charge in [0.1, 0.15) is 11.9 Å². The van der Waals surface area contributed by atoms with Gasteiger partial charge in [-0.2, -0.15) is 5.26 Å². The van der Waals surface area contributed by atoms with Gasteiger partial charge in [0, 0.05) is 14.1 Å². The van der Waals surface area contributed by atoms with Gasteiger partial charge in [-0.25, -0.2) is 4.98 Å². The monoisotopic (exact) mass is 310 g/mol. The minimum Gasteiger partial charge on any atom is -0.365 e. The Hall–Kier alpha value is -2.51. The Morgan fingerprint density at radius 1 is 1.23 bits per heavy atom. The Bertz CT molecular complexity index is 876. The highest BCUT2D eigenvalue weighted by atomic mass is 35.5. The number of benzene rings is 2. The number of halogens is 1. The van der Waals surface area contributed by atoms with Gasteiger partial charge in [-0.1, -0.05) is 29.8 Å². The zero-order valence-electron chi connectivity index (χ0n) is 12.4. The molecule has 3 aromatic rings. The number of para-hydroxylation sites is 3. The van der Waals surface area contributed by atoms with Crippen LogP contribution in [0, 0.1) is 11.3 Å². The Balaban J connectivity index is 1.99. The predicted octanol–water partition coefficient (Wildman–Crippen LogP) is 3.73. The van der Waals surface area contributed by atoms with Crippen molar-refractivity contribution in [2.75, 3.05) is 11.9 Å². The minimum absolute atomic E-state index is 0.564. The van der Waals surface area contributed by atoms with Gasteiger partial charge < -0.3 is 9.47 Å². The van der Waals surface area contributed by atoms with Crippen molar-refractivity contribution in [3.8, 4) is 6.07 Å². The third-order valence-corrected chi connectivity index (χ3v) is 4.05. The second kappa shape index (κ2) is 5.70. The zero-order chi connectivity index (χ0) is 15.7. The molecule has 110 valence electrons. The highest BCUT2D eigenvalue weighted by molar-refractivity contribution is 6.33. The molecule has 0 saturated carbocycles. The van der Waals surface area contributed by atoms with Gasteiger partial charge >= 0.3 is 0 Å². The van der Waals surface area contributed by atoms with Crippen molar-refractivity contribution in [1.29, 1.82) is 5.26 Å². The first-order chi connectivity index (χ1) is 10.6. The lowest BCUT2D eigenvalue weighted by atomic mass is 10.2. The zero-order valence-corrected chi connectivity index (χ0v) is 13.2. The lowest BCUT2D eigenvalue weighted by molar-refractivity contribution is 0.775. The van der Waals surface area contributed by atoms with Crippen LogP contribution in [0.4, 0.5) is 5.69 Å². The first kappa shape index (κ1) is 14.4. The molecule has 0 aliphatic heterocycles. The van der Waals surface area contributed by atoms with Crippen LogP contribution in [0.3, 0.4) is 0 Å². The lowest BCUT2D eigenvalue weighted by Gasteiger charge is -2.21. The van der Waals surface area contributed by atoms with Crippen LogP contribution in [0.25, 0.3) is 11.0 Å². The van der Waals surface area contributed by atoms with Crippen molar-refractivity contribution < 1.29 is 0 Å². The summed E-state index contributed by atoms with van der Waals surface area (Å²) in [6, 6.07) is 15.6. The van der Waals surface area contributed by atoms with Gasteiger partial charge in [-0.15, -0.1) is 0 Å². The Morgan fingerprint density at radius 3 is 2.73 bits per heavy atom. The number of rotatable bonds is 3. The number of hydrogen-bond donors (Lipinski definition) is 0. The van der Waals surface area contributed by atoms with Gasteiger partial charge in [-0.3, -0.25) is 0 Å². The average molecular weight is 311 g/mol. The van der Waals surface area contributed by atoms with Crippen molar-refractivity contribution >= 4 is 28.3 Å². The molecule has 0 fully saturated rings. The average Bonchev–Trinajstić information content (AvgIpc) is 2.83. The summed E-state index contributed by atoms with van der Waals surface area (Å²) in [6.45, 7) is 0.573. The van der Waals surface area contributed by atoms with E-state index in [-0.39, 0.29) is 0 Å². The summed E-state index contributed by atoms with van der Waals surface area (Å²) in [4.78, 5) is 6.62. The topological polar surface area (TPSA) is 44.9 Å². The molecule has 0 aliphatic carbocycles. The largest absolute Gasteiger partial charge is 0.365 e.